The summed E-state index contributed by atoms with van der Waals surface area (Å²) in [6.07, 6.45) is 0. The van der Waals surface area contributed by atoms with E-state index in [0.717, 1.165) is 10.5 Å². The summed E-state index contributed by atoms with van der Waals surface area (Å²) in [7, 11) is 0. The van der Waals surface area contributed by atoms with E-state index in [1.54, 1.807) is 49.4 Å². The minimum Gasteiger partial charge on any atom is -0.350 e. The molecule has 1 saturated heterocycles. The molecule has 3 rings (SSSR count). The highest BCUT2D eigenvalue weighted by Crippen LogP contribution is 2.33. The molecule has 2 N–H and O–H groups in total. The smallest absolute Gasteiger partial charge is 0.325 e. The number of carbonyl (C=O) groups excluding carboxylic acids is 3. The van der Waals surface area contributed by atoms with E-state index in [-0.39, 0.29) is 13.1 Å². The van der Waals surface area contributed by atoms with E-state index in [0.29, 0.717) is 15.6 Å². The highest BCUT2D eigenvalue weighted by Gasteiger charge is 2.50. The summed E-state index contributed by atoms with van der Waals surface area (Å²) < 4.78 is 0. The molecule has 0 aromatic heterocycles. The molecule has 2 aromatic carbocycles. The topological polar surface area (TPSA) is 78.5 Å². The van der Waals surface area contributed by atoms with E-state index >= 15 is 0 Å². The number of carbonyl (C=O) groups is 3. The van der Waals surface area contributed by atoms with Crippen LogP contribution in [0.3, 0.4) is 0 Å². The van der Waals surface area contributed by atoms with Crippen LogP contribution >= 0.6 is 23.2 Å². The Balaban J connectivity index is 1.68. The molecule has 0 spiro atoms. The highest BCUT2D eigenvalue weighted by atomic mass is 35.5. The van der Waals surface area contributed by atoms with Crippen molar-refractivity contribution in [3.63, 3.8) is 0 Å². The average molecular weight is 406 g/mol. The second kappa shape index (κ2) is 7.58. The van der Waals surface area contributed by atoms with E-state index in [1.807, 2.05) is 6.07 Å². The van der Waals surface area contributed by atoms with Crippen LogP contribution in [-0.2, 0) is 21.7 Å². The lowest BCUT2D eigenvalue weighted by atomic mass is 9.92. The molecule has 0 radical (unpaired) electrons. The van der Waals surface area contributed by atoms with E-state index in [4.69, 9.17) is 23.2 Å². The molecule has 2 aromatic rings. The second-order valence-electron chi connectivity index (χ2n) is 6.33. The molecular weight excluding hydrogens is 389 g/mol. The van der Waals surface area contributed by atoms with Gasteiger partial charge in [-0.3, -0.25) is 14.5 Å². The number of amides is 4. The van der Waals surface area contributed by atoms with Crippen molar-refractivity contribution in [1.82, 2.24) is 15.5 Å². The Hall–Kier alpha value is -2.57. The summed E-state index contributed by atoms with van der Waals surface area (Å²) in [5.41, 5.74) is -0.0244. The Morgan fingerprint density at radius 2 is 1.89 bits per heavy atom. The Labute approximate surface area is 166 Å². The van der Waals surface area contributed by atoms with E-state index in [1.165, 1.54) is 0 Å². The Morgan fingerprint density at radius 1 is 1.15 bits per heavy atom. The fraction of sp³-hybridized carbons (Fsp3) is 0.211. The lowest BCUT2D eigenvalue weighted by Crippen LogP contribution is -2.43. The third-order valence-electron chi connectivity index (χ3n) is 4.37. The quantitative estimate of drug-likeness (QED) is 0.750. The monoisotopic (exact) mass is 405 g/mol. The summed E-state index contributed by atoms with van der Waals surface area (Å²) in [6.45, 7) is 1.43. The molecule has 0 aliphatic carbocycles. The molecule has 4 amide bonds. The van der Waals surface area contributed by atoms with Gasteiger partial charge < -0.3 is 10.6 Å². The third-order valence-corrected chi connectivity index (χ3v) is 4.93. The first-order valence-electron chi connectivity index (χ1n) is 8.21. The van der Waals surface area contributed by atoms with Crippen LogP contribution in [0, 0.1) is 0 Å². The van der Waals surface area contributed by atoms with Crippen molar-refractivity contribution in [3.05, 3.63) is 69.7 Å². The Morgan fingerprint density at radius 3 is 2.59 bits per heavy atom. The van der Waals surface area contributed by atoms with Crippen LogP contribution in [0.15, 0.2) is 48.5 Å². The average Bonchev–Trinajstić information content (AvgIpc) is 2.84. The molecule has 8 heteroatoms. The van der Waals surface area contributed by atoms with Gasteiger partial charge in [-0.1, -0.05) is 53.5 Å². The Bertz CT molecular complexity index is 919. The molecule has 27 heavy (non-hydrogen) atoms. The number of benzene rings is 2. The van der Waals surface area contributed by atoms with Crippen LogP contribution in [0.1, 0.15) is 18.1 Å². The van der Waals surface area contributed by atoms with Crippen LogP contribution in [0.25, 0.3) is 0 Å². The van der Waals surface area contributed by atoms with Gasteiger partial charge in [0.25, 0.3) is 5.91 Å². The molecule has 140 valence electrons. The third kappa shape index (κ3) is 3.91. The van der Waals surface area contributed by atoms with Gasteiger partial charge in [0.2, 0.25) is 5.91 Å². The summed E-state index contributed by atoms with van der Waals surface area (Å²) in [4.78, 5) is 38.2. The van der Waals surface area contributed by atoms with Crippen molar-refractivity contribution in [2.75, 3.05) is 6.54 Å². The van der Waals surface area contributed by atoms with Gasteiger partial charge in [-0.2, -0.15) is 0 Å². The lowest BCUT2D eigenvalue weighted by molar-refractivity contribution is -0.134. The molecule has 0 unspecified atom stereocenters. The van der Waals surface area contributed by atoms with Crippen molar-refractivity contribution in [1.29, 1.82) is 0 Å². The largest absolute Gasteiger partial charge is 0.350 e. The zero-order valence-corrected chi connectivity index (χ0v) is 16.0. The number of imide groups is 1. The fourth-order valence-electron chi connectivity index (χ4n) is 2.94. The summed E-state index contributed by atoms with van der Waals surface area (Å²) >= 11 is 12.1. The summed E-state index contributed by atoms with van der Waals surface area (Å²) in [5, 5.41) is 6.23. The number of urea groups is 1. The predicted octanol–water partition coefficient (Wildman–Crippen LogP) is 3.08. The van der Waals surface area contributed by atoms with E-state index < -0.39 is 23.4 Å². The predicted molar refractivity (Wildman–Crippen MR) is 102 cm³/mol. The maximum atomic E-state index is 12.8. The van der Waals surface area contributed by atoms with Gasteiger partial charge in [-0.25, -0.2) is 4.79 Å². The number of hydrogen-bond donors (Lipinski definition) is 2. The number of nitrogens with zero attached hydrogens (tertiary/aromatic N) is 1. The van der Waals surface area contributed by atoms with Crippen LogP contribution in [0.4, 0.5) is 4.79 Å². The number of hydrogen-bond acceptors (Lipinski definition) is 3. The molecule has 1 fully saturated rings. The van der Waals surface area contributed by atoms with E-state index in [2.05, 4.69) is 10.6 Å². The molecule has 6 nitrogen and oxygen atoms in total. The first kappa shape index (κ1) is 19.2. The molecule has 1 aliphatic rings. The van der Waals surface area contributed by atoms with Gasteiger partial charge in [0, 0.05) is 22.2 Å². The molecule has 0 saturated carbocycles. The number of nitrogens with one attached hydrogen (secondary N) is 2. The molecule has 1 heterocycles. The SMILES string of the molecule is C[C@@]1(c2ccccc2Cl)NC(=O)N(CC(=O)NCc2cccc(Cl)c2)C1=O. The van der Waals surface area contributed by atoms with Gasteiger partial charge in [-0.05, 0) is 30.7 Å². The number of rotatable bonds is 5. The fourth-order valence-corrected chi connectivity index (χ4v) is 3.47. The van der Waals surface area contributed by atoms with E-state index in [9.17, 15) is 14.4 Å². The maximum absolute atomic E-state index is 12.8. The van der Waals surface area contributed by atoms with Crippen molar-refractivity contribution >= 4 is 41.0 Å². The standard InChI is InChI=1S/C19H17Cl2N3O3/c1-19(14-7-2-3-8-15(14)21)17(26)24(18(27)23-19)11-16(25)22-10-12-5-4-6-13(20)9-12/h2-9H,10-11H2,1H3,(H,22,25)(H,23,27)/t19-/m0/s1. The van der Waals surface area contributed by atoms with Crippen LogP contribution in [-0.4, -0.2) is 29.3 Å². The summed E-state index contributed by atoms with van der Waals surface area (Å²) in [6, 6.07) is 13.2. The van der Waals surface area contributed by atoms with Gasteiger partial charge in [0.05, 0.1) is 0 Å². The van der Waals surface area contributed by atoms with Crippen molar-refractivity contribution in [2.45, 2.75) is 19.0 Å². The zero-order chi connectivity index (χ0) is 19.6. The minimum absolute atomic E-state index is 0.241. The zero-order valence-electron chi connectivity index (χ0n) is 14.5. The molecule has 1 atom stereocenters. The minimum atomic E-state index is -1.32. The van der Waals surface area contributed by atoms with Gasteiger partial charge in [0.1, 0.15) is 12.1 Å². The van der Waals surface area contributed by atoms with Gasteiger partial charge >= 0.3 is 6.03 Å². The molecule has 0 bridgehead atoms. The highest BCUT2D eigenvalue weighted by molar-refractivity contribution is 6.32. The Kier molecular flexibility index (Phi) is 5.39. The van der Waals surface area contributed by atoms with Crippen LogP contribution in [0.2, 0.25) is 10.0 Å². The first-order valence-corrected chi connectivity index (χ1v) is 8.97. The van der Waals surface area contributed by atoms with Crippen LogP contribution in [0.5, 0.6) is 0 Å². The lowest BCUT2D eigenvalue weighted by Gasteiger charge is -2.23. The van der Waals surface area contributed by atoms with Crippen molar-refractivity contribution in [2.24, 2.45) is 0 Å². The first-order chi connectivity index (χ1) is 12.8. The maximum Gasteiger partial charge on any atom is 0.325 e. The van der Waals surface area contributed by atoms with Crippen molar-refractivity contribution in [3.8, 4) is 0 Å². The van der Waals surface area contributed by atoms with Crippen LogP contribution < -0.4 is 10.6 Å². The molecular formula is C19H17Cl2N3O3. The normalized spacial score (nSPS) is 19.1. The number of halogens is 2. The second-order valence-corrected chi connectivity index (χ2v) is 7.18. The van der Waals surface area contributed by atoms with Gasteiger partial charge in [-0.15, -0.1) is 0 Å². The molecule has 1 aliphatic heterocycles. The van der Waals surface area contributed by atoms with Crippen molar-refractivity contribution < 1.29 is 14.4 Å². The summed E-state index contributed by atoms with van der Waals surface area (Å²) in [5.74, 6) is -0.986. The van der Waals surface area contributed by atoms with Gasteiger partial charge in [0.15, 0.2) is 0 Å².